The maximum absolute atomic E-state index is 14.1. The van der Waals surface area contributed by atoms with Crippen LogP contribution in [0.25, 0.3) is 0 Å². The van der Waals surface area contributed by atoms with Crippen molar-refractivity contribution in [1.82, 2.24) is 9.80 Å². The standard InChI is InChI=1S/C26H31N3O6/c1-3-12-27-13-4-6-19-20(23(27)31)21-24(32)29(15-16-30)22-25(33)28(14-5-11-26(21,22)35-19)17-7-9-18(34-2)10-8-17/h4-11,19-22,30H,3,12-16H2,1-2H3/t19-,20+,21+,22?,26+/m1/s1. The Bertz CT molecular complexity index is 1070. The van der Waals surface area contributed by atoms with Crippen molar-refractivity contribution < 1.29 is 29.0 Å². The maximum Gasteiger partial charge on any atom is 0.253 e. The average molecular weight is 482 g/mol. The molecule has 5 rings (SSSR count). The number of anilines is 1. The van der Waals surface area contributed by atoms with Crippen molar-refractivity contribution >= 4 is 23.4 Å². The van der Waals surface area contributed by atoms with Crippen LogP contribution in [0.2, 0.25) is 0 Å². The second-order valence-corrected chi connectivity index (χ2v) is 9.36. The number of hydrogen-bond acceptors (Lipinski definition) is 6. The van der Waals surface area contributed by atoms with Crippen molar-refractivity contribution in [3.8, 4) is 5.75 Å². The van der Waals surface area contributed by atoms with Crippen LogP contribution in [0, 0.1) is 11.8 Å². The van der Waals surface area contributed by atoms with Gasteiger partial charge in [0.1, 0.15) is 17.4 Å². The smallest absolute Gasteiger partial charge is 0.253 e. The van der Waals surface area contributed by atoms with Crippen LogP contribution in [-0.4, -0.2) is 90.3 Å². The zero-order valence-corrected chi connectivity index (χ0v) is 20.0. The van der Waals surface area contributed by atoms with Crippen LogP contribution in [0.3, 0.4) is 0 Å². The molecule has 0 radical (unpaired) electrons. The fraction of sp³-hybridized carbons (Fsp3) is 0.500. The molecule has 0 aromatic heterocycles. The number of likely N-dealkylation sites (tertiary alicyclic amines) is 1. The number of β-amino-alcohol motifs (C(OH)–C–C–N with tert-alkyl or cyclic N) is 1. The van der Waals surface area contributed by atoms with Gasteiger partial charge in [0, 0.05) is 31.9 Å². The number of carbonyl (C=O) groups is 3. The highest BCUT2D eigenvalue weighted by atomic mass is 16.5. The van der Waals surface area contributed by atoms with E-state index < -0.39 is 29.6 Å². The van der Waals surface area contributed by atoms with Gasteiger partial charge in [0.15, 0.2) is 0 Å². The SMILES string of the molecule is CCCN1CC=C[C@H]2O[C@]34C=CCN(c5ccc(OC)cc5)C(=O)C3N(CCO)C(=O)[C@@H]4[C@H]2C1=O. The van der Waals surface area contributed by atoms with Crippen LogP contribution < -0.4 is 9.64 Å². The van der Waals surface area contributed by atoms with E-state index in [0.29, 0.717) is 31.1 Å². The van der Waals surface area contributed by atoms with Gasteiger partial charge in [-0.2, -0.15) is 0 Å². The molecule has 1 spiro atoms. The Morgan fingerprint density at radius 2 is 1.83 bits per heavy atom. The first-order chi connectivity index (χ1) is 17.0. The Morgan fingerprint density at radius 3 is 2.51 bits per heavy atom. The number of fused-ring (bicyclic) bond motifs is 2. The minimum atomic E-state index is -1.28. The van der Waals surface area contributed by atoms with Crippen molar-refractivity contribution in [2.75, 3.05) is 44.8 Å². The molecule has 4 aliphatic rings. The van der Waals surface area contributed by atoms with Crippen LogP contribution >= 0.6 is 0 Å². The second-order valence-electron chi connectivity index (χ2n) is 9.36. The van der Waals surface area contributed by atoms with Gasteiger partial charge >= 0.3 is 0 Å². The number of ether oxygens (including phenoxy) is 2. The monoisotopic (exact) mass is 481 g/mol. The number of nitrogens with zero attached hydrogens (tertiary/aromatic N) is 3. The highest BCUT2D eigenvalue weighted by molar-refractivity contribution is 6.05. The highest BCUT2D eigenvalue weighted by Crippen LogP contribution is 2.53. The molecule has 0 aliphatic carbocycles. The van der Waals surface area contributed by atoms with Gasteiger partial charge in [0.2, 0.25) is 11.8 Å². The van der Waals surface area contributed by atoms with Crippen molar-refractivity contribution in [1.29, 1.82) is 0 Å². The summed E-state index contributed by atoms with van der Waals surface area (Å²) in [4.78, 5) is 46.3. The van der Waals surface area contributed by atoms with E-state index in [0.717, 1.165) is 6.42 Å². The first-order valence-corrected chi connectivity index (χ1v) is 12.1. The molecule has 0 saturated carbocycles. The number of carbonyl (C=O) groups excluding carboxylic acids is 3. The van der Waals surface area contributed by atoms with E-state index in [1.54, 1.807) is 47.3 Å². The van der Waals surface area contributed by atoms with E-state index in [9.17, 15) is 19.5 Å². The van der Waals surface area contributed by atoms with Crippen molar-refractivity contribution in [2.45, 2.75) is 31.1 Å². The zero-order chi connectivity index (χ0) is 24.7. The van der Waals surface area contributed by atoms with Gasteiger partial charge in [-0.25, -0.2) is 0 Å². The minimum absolute atomic E-state index is 0.0127. The quantitative estimate of drug-likeness (QED) is 0.608. The molecule has 2 saturated heterocycles. The lowest BCUT2D eigenvalue weighted by Crippen LogP contribution is -2.55. The summed E-state index contributed by atoms with van der Waals surface area (Å²) in [6, 6.07) is 6.15. The number of aliphatic hydroxyl groups is 1. The number of amides is 3. The molecular weight excluding hydrogens is 450 g/mol. The molecule has 9 heteroatoms. The predicted octanol–water partition coefficient (Wildman–Crippen LogP) is 0.980. The summed E-state index contributed by atoms with van der Waals surface area (Å²) in [6.45, 7) is 3.05. The molecule has 1 N–H and O–H groups in total. The normalized spacial score (nSPS) is 31.9. The van der Waals surface area contributed by atoms with Gasteiger partial charge < -0.3 is 29.3 Å². The third-order valence-corrected chi connectivity index (χ3v) is 7.46. The molecule has 9 nitrogen and oxygen atoms in total. The van der Waals surface area contributed by atoms with E-state index in [4.69, 9.17) is 9.47 Å². The van der Waals surface area contributed by atoms with Gasteiger partial charge in [-0.15, -0.1) is 0 Å². The lowest BCUT2D eigenvalue weighted by atomic mass is 9.77. The molecule has 0 bridgehead atoms. The van der Waals surface area contributed by atoms with Crippen LogP contribution in [0.4, 0.5) is 5.69 Å². The fourth-order valence-electron chi connectivity index (χ4n) is 6.00. The lowest BCUT2D eigenvalue weighted by Gasteiger charge is -2.35. The van der Waals surface area contributed by atoms with Gasteiger partial charge in [0.25, 0.3) is 5.91 Å². The number of methoxy groups -OCH3 is 1. The fourth-order valence-corrected chi connectivity index (χ4v) is 6.00. The largest absolute Gasteiger partial charge is 0.497 e. The van der Waals surface area contributed by atoms with Crippen molar-refractivity contribution in [3.05, 3.63) is 48.6 Å². The molecule has 2 fully saturated rings. The predicted molar refractivity (Wildman–Crippen MR) is 128 cm³/mol. The molecule has 4 aliphatic heterocycles. The molecule has 35 heavy (non-hydrogen) atoms. The summed E-state index contributed by atoms with van der Waals surface area (Å²) in [5.74, 6) is -1.64. The Balaban J connectivity index is 1.57. The van der Waals surface area contributed by atoms with Crippen LogP contribution in [0.5, 0.6) is 5.75 Å². The summed E-state index contributed by atoms with van der Waals surface area (Å²) < 4.78 is 11.8. The van der Waals surface area contributed by atoms with E-state index in [1.807, 2.05) is 25.2 Å². The molecule has 4 heterocycles. The molecule has 1 aromatic carbocycles. The topological polar surface area (TPSA) is 99.6 Å². The lowest BCUT2D eigenvalue weighted by molar-refractivity contribution is -0.144. The second kappa shape index (κ2) is 9.13. The third-order valence-electron chi connectivity index (χ3n) is 7.46. The van der Waals surface area contributed by atoms with Gasteiger partial charge in [-0.3, -0.25) is 14.4 Å². The number of aliphatic hydroxyl groups excluding tert-OH is 1. The molecule has 1 aromatic rings. The highest BCUT2D eigenvalue weighted by Gasteiger charge is 2.71. The van der Waals surface area contributed by atoms with E-state index in [2.05, 4.69) is 0 Å². The maximum atomic E-state index is 14.1. The summed E-state index contributed by atoms with van der Waals surface area (Å²) in [5.41, 5.74) is -0.621. The van der Waals surface area contributed by atoms with Crippen molar-refractivity contribution in [2.24, 2.45) is 11.8 Å². The van der Waals surface area contributed by atoms with Gasteiger partial charge in [-0.05, 0) is 30.7 Å². The Kier molecular flexibility index (Phi) is 6.14. The zero-order valence-electron chi connectivity index (χ0n) is 20.0. The minimum Gasteiger partial charge on any atom is -0.497 e. The molecule has 1 unspecified atom stereocenters. The molecule has 186 valence electrons. The van der Waals surface area contributed by atoms with Crippen LogP contribution in [0.15, 0.2) is 48.6 Å². The van der Waals surface area contributed by atoms with E-state index in [-0.39, 0.29) is 30.9 Å². The van der Waals surface area contributed by atoms with E-state index in [1.165, 1.54) is 4.90 Å². The van der Waals surface area contributed by atoms with Crippen LogP contribution in [0.1, 0.15) is 13.3 Å². The Hall–Kier alpha value is -3.17. The first-order valence-electron chi connectivity index (χ1n) is 12.1. The van der Waals surface area contributed by atoms with Gasteiger partial charge in [-0.1, -0.05) is 31.2 Å². The Morgan fingerprint density at radius 1 is 1.06 bits per heavy atom. The van der Waals surface area contributed by atoms with Gasteiger partial charge in [0.05, 0.1) is 31.7 Å². The summed E-state index contributed by atoms with van der Waals surface area (Å²) in [5, 5.41) is 9.76. The molecular formula is C26H31N3O6. The molecule has 5 atom stereocenters. The Labute approximate surface area is 204 Å². The number of hydrogen-bond donors (Lipinski definition) is 1. The third kappa shape index (κ3) is 3.56. The summed E-state index contributed by atoms with van der Waals surface area (Å²) in [7, 11) is 1.58. The van der Waals surface area contributed by atoms with Crippen molar-refractivity contribution in [3.63, 3.8) is 0 Å². The first kappa shape index (κ1) is 23.6. The number of rotatable bonds is 6. The summed E-state index contributed by atoms with van der Waals surface area (Å²) >= 11 is 0. The average Bonchev–Trinajstić information content (AvgIpc) is 3.17. The molecule has 3 amide bonds. The number of benzene rings is 1. The van der Waals surface area contributed by atoms with E-state index >= 15 is 0 Å². The van der Waals surface area contributed by atoms with Crippen LogP contribution in [-0.2, 0) is 19.1 Å². The summed E-state index contributed by atoms with van der Waals surface area (Å²) in [6.07, 6.45) is 7.62.